The van der Waals surface area contributed by atoms with Gasteiger partial charge < -0.3 is 27.4 Å². The molecule has 4 atom stereocenters. The number of benzene rings is 1. The van der Waals surface area contributed by atoms with E-state index in [4.69, 9.17) is 4.74 Å². The van der Waals surface area contributed by atoms with E-state index in [0.717, 1.165) is 24.2 Å². The van der Waals surface area contributed by atoms with Gasteiger partial charge in [-0.25, -0.2) is 0 Å². The lowest BCUT2D eigenvalue weighted by Gasteiger charge is -2.62. The third kappa shape index (κ3) is 1.74. The van der Waals surface area contributed by atoms with Gasteiger partial charge in [0.1, 0.15) is 0 Å². The molecule has 25 heavy (non-hydrogen) atoms. The topological polar surface area (TPSA) is 70.0 Å². The van der Waals surface area contributed by atoms with Crippen molar-refractivity contribution in [3.05, 3.63) is 35.9 Å². The summed E-state index contributed by atoms with van der Waals surface area (Å²) in [7, 11) is 0. The van der Waals surface area contributed by atoms with Crippen LogP contribution in [-0.2, 0) is 16.6 Å². The molecule has 1 unspecified atom stereocenters. The Hall–Kier alpha value is -1.56. The third-order valence-corrected chi connectivity index (χ3v) is 6.73. The number of ether oxygens (including phenoxy) is 1. The first-order valence-electron chi connectivity index (χ1n) is 8.65. The van der Waals surface area contributed by atoms with Gasteiger partial charge in [-0.3, -0.25) is 9.69 Å². The van der Waals surface area contributed by atoms with Crippen LogP contribution in [0.2, 0.25) is 0 Å². The molecule has 2 fully saturated rings. The highest BCUT2D eigenvalue weighted by molar-refractivity contribution is 5.90. The SMILES string of the molecule is C=CCN1CC[C@]23c4c5ccc(O)c4O[C@H]2C(=O)CC[C@@]3(O)C1C5.[Cl-]. The highest BCUT2D eigenvalue weighted by Gasteiger charge is 2.72. The second kappa shape index (κ2) is 5.22. The van der Waals surface area contributed by atoms with Crippen molar-refractivity contribution in [3.8, 4) is 11.5 Å². The molecule has 1 saturated heterocycles. The minimum atomic E-state index is -1.00. The van der Waals surface area contributed by atoms with Gasteiger partial charge in [-0.2, -0.15) is 0 Å². The van der Waals surface area contributed by atoms with Gasteiger partial charge in [-0.1, -0.05) is 12.1 Å². The lowest BCUT2D eigenvalue weighted by atomic mass is 9.49. The summed E-state index contributed by atoms with van der Waals surface area (Å²) in [4.78, 5) is 14.9. The molecule has 5 nitrogen and oxygen atoms in total. The molecule has 1 aromatic carbocycles. The summed E-state index contributed by atoms with van der Waals surface area (Å²) in [6, 6.07) is 3.52. The van der Waals surface area contributed by atoms with Crippen molar-refractivity contribution in [2.24, 2.45) is 0 Å². The lowest BCUT2D eigenvalue weighted by molar-refractivity contribution is -0.187. The zero-order valence-electron chi connectivity index (χ0n) is 13.9. The number of rotatable bonds is 2. The van der Waals surface area contributed by atoms with Gasteiger partial charge in [0.2, 0.25) is 0 Å². The molecule has 1 aromatic rings. The number of ketones is 1. The summed E-state index contributed by atoms with van der Waals surface area (Å²) in [5.41, 5.74) is 0.256. The van der Waals surface area contributed by atoms with Crippen molar-refractivity contribution in [2.75, 3.05) is 13.1 Å². The van der Waals surface area contributed by atoms with Crippen LogP contribution in [-0.4, -0.2) is 51.7 Å². The molecular weight excluding hydrogens is 342 g/mol. The molecule has 5 rings (SSSR count). The molecule has 0 aromatic heterocycles. The van der Waals surface area contributed by atoms with Crippen molar-refractivity contribution in [1.29, 1.82) is 0 Å². The van der Waals surface area contributed by atoms with E-state index in [1.165, 1.54) is 0 Å². The van der Waals surface area contributed by atoms with E-state index in [2.05, 4.69) is 11.5 Å². The number of halogens is 1. The van der Waals surface area contributed by atoms with Gasteiger partial charge in [0.25, 0.3) is 0 Å². The minimum Gasteiger partial charge on any atom is -1.00 e. The Kier molecular flexibility index (Phi) is 3.53. The maximum Gasteiger partial charge on any atom is 0.174 e. The molecule has 6 heteroatoms. The molecule has 2 aliphatic heterocycles. The van der Waals surface area contributed by atoms with E-state index in [-0.39, 0.29) is 30.0 Å². The normalized spacial score (nSPS) is 37.7. The van der Waals surface area contributed by atoms with Crippen LogP contribution >= 0.6 is 0 Å². The lowest BCUT2D eigenvalue weighted by Crippen LogP contribution is -3.00. The van der Waals surface area contributed by atoms with Crippen LogP contribution in [0, 0.1) is 0 Å². The number of carbonyl (C=O) groups is 1. The van der Waals surface area contributed by atoms with Crippen LogP contribution in [0.3, 0.4) is 0 Å². The summed E-state index contributed by atoms with van der Waals surface area (Å²) >= 11 is 0. The number of piperidine rings is 1. The van der Waals surface area contributed by atoms with Crippen molar-refractivity contribution >= 4 is 5.78 Å². The number of phenols is 1. The third-order valence-electron chi connectivity index (χ3n) is 6.73. The number of phenolic OH excluding ortho intramolecular Hbond substituents is 1. The van der Waals surface area contributed by atoms with Gasteiger partial charge in [0, 0.05) is 31.1 Å². The van der Waals surface area contributed by atoms with Crippen molar-refractivity contribution < 1.29 is 32.2 Å². The summed E-state index contributed by atoms with van der Waals surface area (Å²) in [6.45, 7) is 5.36. The Morgan fingerprint density at radius 2 is 2.20 bits per heavy atom. The van der Waals surface area contributed by atoms with Crippen molar-refractivity contribution in [2.45, 2.75) is 48.8 Å². The first-order chi connectivity index (χ1) is 11.5. The second-order valence-corrected chi connectivity index (χ2v) is 7.56. The average molecular weight is 363 g/mol. The summed E-state index contributed by atoms with van der Waals surface area (Å²) in [5, 5.41) is 22.1. The summed E-state index contributed by atoms with van der Waals surface area (Å²) in [5.74, 6) is 0.528. The van der Waals surface area contributed by atoms with E-state index >= 15 is 0 Å². The first-order valence-corrected chi connectivity index (χ1v) is 8.65. The number of Topliss-reactive ketones (excluding diaryl/α,β-unsaturated/α-hetero) is 1. The van der Waals surface area contributed by atoms with Crippen LogP contribution in [0.15, 0.2) is 24.8 Å². The number of carbonyl (C=O) groups excluding carboxylic acids is 1. The fourth-order valence-corrected chi connectivity index (χ4v) is 5.80. The van der Waals surface area contributed by atoms with E-state index < -0.39 is 17.1 Å². The Bertz CT molecular complexity index is 781. The van der Waals surface area contributed by atoms with Gasteiger partial charge in [0.15, 0.2) is 23.4 Å². The molecule has 2 bridgehead atoms. The highest BCUT2D eigenvalue weighted by Crippen LogP contribution is 2.64. The van der Waals surface area contributed by atoms with Gasteiger partial charge in [0.05, 0.1) is 11.0 Å². The molecule has 0 radical (unpaired) electrons. The van der Waals surface area contributed by atoms with E-state index in [9.17, 15) is 15.0 Å². The number of aromatic hydroxyl groups is 1. The molecule has 0 amide bonds. The molecule has 2 N–H and O–H groups in total. The van der Waals surface area contributed by atoms with Crippen LogP contribution in [0.1, 0.15) is 30.4 Å². The number of aliphatic hydroxyl groups is 1. The highest BCUT2D eigenvalue weighted by atomic mass is 35.5. The van der Waals surface area contributed by atoms with E-state index in [1.54, 1.807) is 6.07 Å². The smallest absolute Gasteiger partial charge is 0.174 e. The van der Waals surface area contributed by atoms with Crippen LogP contribution < -0.4 is 17.1 Å². The maximum absolute atomic E-state index is 12.6. The summed E-state index contributed by atoms with van der Waals surface area (Å²) in [6.07, 6.45) is 3.35. The van der Waals surface area contributed by atoms with Crippen molar-refractivity contribution in [3.63, 3.8) is 0 Å². The summed E-state index contributed by atoms with van der Waals surface area (Å²) < 4.78 is 5.98. The van der Waals surface area contributed by atoms with Crippen LogP contribution in [0.4, 0.5) is 0 Å². The Balaban J connectivity index is 0.00000157. The Labute approximate surface area is 152 Å². The molecule has 1 saturated carbocycles. The Morgan fingerprint density at radius 1 is 1.40 bits per heavy atom. The zero-order chi connectivity index (χ0) is 16.7. The fourth-order valence-electron chi connectivity index (χ4n) is 5.80. The fraction of sp³-hybridized carbons (Fsp3) is 0.526. The van der Waals surface area contributed by atoms with Gasteiger partial charge in [-0.15, -0.1) is 6.58 Å². The van der Waals surface area contributed by atoms with Crippen molar-refractivity contribution in [1.82, 2.24) is 4.90 Å². The standard InChI is InChI=1S/C19H21NO4.ClH/c1-2-8-20-9-7-18-15-11-3-4-12(21)16(15)24-17(18)13(22)5-6-19(18,23)14(20)10-11;/h2-4,14,17,21,23H,1,5-10H2;1H/p-1/t14?,17-,18-,19+;/m0./s1. The molecule has 4 aliphatic rings. The minimum absolute atomic E-state index is 0. The average Bonchev–Trinajstić information content (AvgIpc) is 2.91. The largest absolute Gasteiger partial charge is 1.00 e. The van der Waals surface area contributed by atoms with Gasteiger partial charge in [-0.05, 0) is 30.9 Å². The second-order valence-electron chi connectivity index (χ2n) is 7.56. The van der Waals surface area contributed by atoms with Gasteiger partial charge >= 0.3 is 0 Å². The number of nitrogens with zero attached hydrogens (tertiary/aromatic N) is 1. The van der Waals surface area contributed by atoms with E-state index in [0.29, 0.717) is 31.4 Å². The number of likely N-dealkylation sites (tertiary alicyclic amines) is 1. The number of hydrogen-bond acceptors (Lipinski definition) is 5. The predicted molar refractivity (Wildman–Crippen MR) is 87.3 cm³/mol. The Morgan fingerprint density at radius 3 is 2.96 bits per heavy atom. The zero-order valence-corrected chi connectivity index (χ0v) is 14.6. The first kappa shape index (κ1) is 16.9. The number of hydrogen-bond donors (Lipinski definition) is 2. The van der Waals surface area contributed by atoms with Crippen LogP contribution in [0.5, 0.6) is 11.5 Å². The van der Waals surface area contributed by atoms with Crippen LogP contribution in [0.25, 0.3) is 0 Å². The monoisotopic (exact) mass is 362 g/mol. The molecule has 2 heterocycles. The quantitative estimate of drug-likeness (QED) is 0.614. The molecule has 1 spiro atoms. The molecule has 2 aliphatic carbocycles. The van der Waals surface area contributed by atoms with E-state index in [1.807, 2.05) is 12.1 Å². The molecule has 134 valence electrons. The predicted octanol–water partition coefficient (Wildman–Crippen LogP) is -1.69. The maximum atomic E-state index is 12.6. The molecular formula is C19H21ClNO4-.